The van der Waals surface area contributed by atoms with Crippen molar-refractivity contribution in [3.63, 3.8) is 0 Å². The minimum Gasteiger partial charge on any atom is -0.368 e. The van der Waals surface area contributed by atoms with E-state index in [-0.39, 0.29) is 17.9 Å². The van der Waals surface area contributed by atoms with Crippen molar-refractivity contribution in [1.29, 1.82) is 0 Å². The highest BCUT2D eigenvalue weighted by Gasteiger charge is 2.23. The lowest BCUT2D eigenvalue weighted by molar-refractivity contribution is -0.130. The Labute approximate surface area is 96.6 Å². The normalized spacial score (nSPS) is 20.2. The van der Waals surface area contributed by atoms with Crippen LogP contribution in [0.4, 0.5) is 0 Å². The Morgan fingerprint density at radius 3 is 2.50 bits per heavy atom. The van der Waals surface area contributed by atoms with Crippen molar-refractivity contribution in [2.24, 2.45) is 5.73 Å². The van der Waals surface area contributed by atoms with Crippen LogP contribution >= 0.6 is 0 Å². The van der Waals surface area contributed by atoms with E-state index in [1.807, 2.05) is 23.6 Å². The third kappa shape index (κ3) is 3.20. The molecule has 0 aromatic carbocycles. The summed E-state index contributed by atoms with van der Waals surface area (Å²) in [5.74, 6) is -0.108. The molecule has 0 bridgehead atoms. The second-order valence-electron chi connectivity index (χ2n) is 4.20. The van der Waals surface area contributed by atoms with Gasteiger partial charge in [0.15, 0.2) is 0 Å². The fraction of sp³-hybridized carbons (Fsp3) is 0.818. The molecule has 5 nitrogen and oxygen atoms in total. The molecule has 1 atom stereocenters. The maximum Gasteiger partial charge on any atom is 0.234 e. The fourth-order valence-electron chi connectivity index (χ4n) is 1.98. The van der Waals surface area contributed by atoms with Gasteiger partial charge in [0.2, 0.25) is 11.8 Å². The summed E-state index contributed by atoms with van der Waals surface area (Å²) in [5, 5.41) is 0. The molecular weight excluding hydrogens is 206 g/mol. The van der Waals surface area contributed by atoms with Gasteiger partial charge in [-0.3, -0.25) is 14.5 Å². The van der Waals surface area contributed by atoms with Crippen molar-refractivity contribution in [3.8, 4) is 0 Å². The van der Waals surface area contributed by atoms with E-state index in [1.165, 1.54) is 0 Å². The number of nitrogens with zero attached hydrogens (tertiary/aromatic N) is 2. The molecule has 0 spiro atoms. The summed E-state index contributed by atoms with van der Waals surface area (Å²) in [5.41, 5.74) is 5.28. The van der Waals surface area contributed by atoms with Crippen LogP contribution in [-0.4, -0.2) is 53.8 Å². The van der Waals surface area contributed by atoms with Crippen LogP contribution in [-0.2, 0) is 9.59 Å². The van der Waals surface area contributed by atoms with E-state index in [2.05, 4.69) is 0 Å². The van der Waals surface area contributed by atoms with Crippen molar-refractivity contribution < 1.29 is 9.59 Å². The summed E-state index contributed by atoms with van der Waals surface area (Å²) in [6.45, 7) is 6.74. The van der Waals surface area contributed by atoms with Gasteiger partial charge in [-0.15, -0.1) is 0 Å². The van der Waals surface area contributed by atoms with Crippen LogP contribution in [0.3, 0.4) is 0 Å². The molecule has 1 saturated heterocycles. The summed E-state index contributed by atoms with van der Waals surface area (Å²) in [4.78, 5) is 26.5. The van der Waals surface area contributed by atoms with Crippen molar-refractivity contribution in [1.82, 2.24) is 9.80 Å². The third-order valence-corrected chi connectivity index (χ3v) is 3.15. The minimum atomic E-state index is -0.296. The van der Waals surface area contributed by atoms with Crippen LogP contribution in [0, 0.1) is 0 Å². The average molecular weight is 227 g/mol. The Morgan fingerprint density at radius 2 is 1.94 bits per heavy atom. The van der Waals surface area contributed by atoms with Crippen molar-refractivity contribution in [2.45, 2.75) is 32.7 Å². The first kappa shape index (κ1) is 13.0. The summed E-state index contributed by atoms with van der Waals surface area (Å²) in [6, 6.07) is -0.239. The van der Waals surface area contributed by atoms with Crippen molar-refractivity contribution in [3.05, 3.63) is 0 Å². The zero-order valence-corrected chi connectivity index (χ0v) is 10.1. The second-order valence-corrected chi connectivity index (χ2v) is 4.20. The van der Waals surface area contributed by atoms with Crippen LogP contribution < -0.4 is 5.73 Å². The van der Waals surface area contributed by atoms with Crippen LogP contribution in [0.2, 0.25) is 0 Å². The molecule has 0 radical (unpaired) electrons. The lowest BCUT2D eigenvalue weighted by Gasteiger charge is -2.25. The number of primary amides is 1. The monoisotopic (exact) mass is 227 g/mol. The van der Waals surface area contributed by atoms with E-state index in [4.69, 9.17) is 5.73 Å². The summed E-state index contributed by atoms with van der Waals surface area (Å²) in [6.07, 6.45) is 1.45. The average Bonchev–Trinajstić information content (AvgIpc) is 2.52. The highest BCUT2D eigenvalue weighted by molar-refractivity contribution is 5.79. The molecule has 1 rings (SSSR count). The molecular formula is C11H21N3O2. The number of hydrogen-bond acceptors (Lipinski definition) is 3. The predicted octanol–water partition coefficient (Wildman–Crippen LogP) is -0.195. The van der Waals surface area contributed by atoms with Gasteiger partial charge in [-0.25, -0.2) is 0 Å². The maximum atomic E-state index is 11.5. The number of rotatable bonds is 3. The number of carbonyl (C=O) groups excluding carboxylic acids is 2. The molecule has 92 valence electrons. The van der Waals surface area contributed by atoms with Gasteiger partial charge in [-0.05, 0) is 13.3 Å². The van der Waals surface area contributed by atoms with Crippen LogP contribution in [0.25, 0.3) is 0 Å². The van der Waals surface area contributed by atoms with Gasteiger partial charge in [0.05, 0.1) is 6.04 Å². The van der Waals surface area contributed by atoms with E-state index in [1.54, 1.807) is 0 Å². The molecule has 1 heterocycles. The molecule has 1 unspecified atom stereocenters. The number of hydrogen-bond donors (Lipinski definition) is 1. The lowest BCUT2D eigenvalue weighted by atomic mass is 10.2. The lowest BCUT2D eigenvalue weighted by Crippen LogP contribution is -2.44. The standard InChI is InChI=1S/C11H21N3O2/c1-3-10(15)14-6-4-5-13(7-8-14)9(2)11(12)16/h9H,3-8H2,1-2H3,(H2,12,16). The topological polar surface area (TPSA) is 66.6 Å². The molecule has 16 heavy (non-hydrogen) atoms. The van der Waals surface area contributed by atoms with Gasteiger partial charge >= 0.3 is 0 Å². The molecule has 5 heteroatoms. The molecule has 1 aliphatic rings. The minimum absolute atomic E-state index is 0.188. The molecule has 2 amide bonds. The molecule has 1 fully saturated rings. The zero-order chi connectivity index (χ0) is 12.1. The van der Waals surface area contributed by atoms with E-state index in [0.29, 0.717) is 13.0 Å². The fourth-order valence-corrected chi connectivity index (χ4v) is 1.98. The molecule has 0 aromatic heterocycles. The Kier molecular flexibility index (Phi) is 4.73. The van der Waals surface area contributed by atoms with Gasteiger partial charge in [0.25, 0.3) is 0 Å². The largest absolute Gasteiger partial charge is 0.368 e. The van der Waals surface area contributed by atoms with Gasteiger partial charge < -0.3 is 10.6 Å². The molecule has 0 aliphatic carbocycles. The van der Waals surface area contributed by atoms with Gasteiger partial charge in [0, 0.05) is 32.6 Å². The van der Waals surface area contributed by atoms with Gasteiger partial charge in [-0.2, -0.15) is 0 Å². The highest BCUT2D eigenvalue weighted by atomic mass is 16.2. The number of nitrogens with two attached hydrogens (primary N) is 1. The first-order chi connectivity index (χ1) is 7.56. The quantitative estimate of drug-likeness (QED) is 0.726. The Bertz CT molecular complexity index is 268. The molecule has 2 N–H and O–H groups in total. The van der Waals surface area contributed by atoms with E-state index in [0.717, 1.165) is 26.1 Å². The molecule has 0 saturated carbocycles. The third-order valence-electron chi connectivity index (χ3n) is 3.15. The van der Waals surface area contributed by atoms with Gasteiger partial charge in [-0.1, -0.05) is 6.92 Å². The SMILES string of the molecule is CCC(=O)N1CCCN(C(C)C(N)=O)CC1. The Morgan fingerprint density at radius 1 is 1.25 bits per heavy atom. The Balaban J connectivity index is 2.52. The van der Waals surface area contributed by atoms with Crippen molar-refractivity contribution >= 4 is 11.8 Å². The first-order valence-electron chi connectivity index (χ1n) is 5.87. The summed E-state index contributed by atoms with van der Waals surface area (Å²) in [7, 11) is 0. The predicted molar refractivity (Wildman–Crippen MR) is 61.7 cm³/mol. The van der Waals surface area contributed by atoms with Gasteiger partial charge in [0.1, 0.15) is 0 Å². The van der Waals surface area contributed by atoms with Crippen LogP contribution in [0.5, 0.6) is 0 Å². The Hall–Kier alpha value is -1.10. The van der Waals surface area contributed by atoms with E-state index < -0.39 is 0 Å². The van der Waals surface area contributed by atoms with E-state index >= 15 is 0 Å². The highest BCUT2D eigenvalue weighted by Crippen LogP contribution is 2.07. The summed E-state index contributed by atoms with van der Waals surface area (Å²) < 4.78 is 0. The van der Waals surface area contributed by atoms with E-state index in [9.17, 15) is 9.59 Å². The second kappa shape index (κ2) is 5.84. The molecule has 0 aromatic rings. The summed E-state index contributed by atoms with van der Waals surface area (Å²) >= 11 is 0. The zero-order valence-electron chi connectivity index (χ0n) is 10.1. The number of carbonyl (C=O) groups is 2. The van der Waals surface area contributed by atoms with Crippen molar-refractivity contribution in [2.75, 3.05) is 26.2 Å². The van der Waals surface area contributed by atoms with Crippen LogP contribution in [0.15, 0.2) is 0 Å². The smallest absolute Gasteiger partial charge is 0.234 e. The van der Waals surface area contributed by atoms with Crippen LogP contribution in [0.1, 0.15) is 26.7 Å². The molecule has 1 aliphatic heterocycles. The first-order valence-corrected chi connectivity index (χ1v) is 5.87. The maximum absolute atomic E-state index is 11.5. The number of amides is 2.